The maximum Gasteiger partial charge on any atom is 0.328 e. The summed E-state index contributed by atoms with van der Waals surface area (Å²) >= 11 is 3.11. The number of imide groups is 2. The Kier molecular flexibility index (Phi) is 4.45. The van der Waals surface area contributed by atoms with Crippen molar-refractivity contribution in [2.75, 3.05) is 0 Å². The first-order chi connectivity index (χ1) is 7.98. The van der Waals surface area contributed by atoms with Crippen molar-refractivity contribution >= 4 is 33.8 Å². The Hall–Kier alpha value is -1.17. The van der Waals surface area contributed by atoms with E-state index in [0.717, 1.165) is 0 Å². The van der Waals surface area contributed by atoms with Crippen LogP contribution in [0.5, 0.6) is 0 Å². The summed E-state index contributed by atoms with van der Waals surface area (Å²) in [5, 5.41) is 4.33. The number of hydrogen-bond donors (Lipinski definition) is 2. The topological polar surface area (TPSA) is 75.3 Å². The van der Waals surface area contributed by atoms with Gasteiger partial charge in [-0.15, -0.1) is 0 Å². The lowest BCUT2D eigenvalue weighted by molar-refractivity contribution is -0.148. The molecule has 0 bridgehead atoms. The van der Waals surface area contributed by atoms with Crippen molar-refractivity contribution in [2.45, 2.75) is 26.7 Å². The summed E-state index contributed by atoms with van der Waals surface area (Å²) in [4.78, 5) is 36.7. The number of rotatable bonds is 4. The highest BCUT2D eigenvalue weighted by Gasteiger charge is 2.52. The highest BCUT2D eigenvalue weighted by molar-refractivity contribution is 9.11. The number of barbiturate groups is 1. The molecule has 1 atom stereocenters. The van der Waals surface area contributed by atoms with Gasteiger partial charge in [0.2, 0.25) is 11.8 Å². The van der Waals surface area contributed by atoms with Gasteiger partial charge in [0.05, 0.1) is 0 Å². The summed E-state index contributed by atoms with van der Waals surface area (Å²) in [6.45, 7) is 3.73. The van der Waals surface area contributed by atoms with E-state index in [1.807, 2.05) is 13.8 Å². The monoisotopic (exact) mass is 302 g/mol. The fourth-order valence-corrected chi connectivity index (χ4v) is 2.16. The quantitative estimate of drug-likeness (QED) is 0.776. The predicted molar refractivity (Wildman–Crippen MR) is 66.3 cm³/mol. The second-order valence-corrected chi connectivity index (χ2v) is 4.61. The molecular weight excluding hydrogens is 288 g/mol. The zero-order chi connectivity index (χ0) is 13.1. The molecule has 0 saturated carbocycles. The summed E-state index contributed by atoms with van der Waals surface area (Å²) in [6.07, 6.45) is 2.63. The number of hydrogen-bond acceptors (Lipinski definition) is 3. The zero-order valence-electron chi connectivity index (χ0n) is 9.75. The van der Waals surface area contributed by atoms with Gasteiger partial charge in [-0.2, -0.15) is 0 Å². The van der Waals surface area contributed by atoms with Crippen LogP contribution < -0.4 is 10.6 Å². The molecule has 1 saturated heterocycles. The number of urea groups is 1. The first-order valence-electron chi connectivity index (χ1n) is 5.41. The first kappa shape index (κ1) is 13.9. The molecule has 6 heteroatoms. The van der Waals surface area contributed by atoms with E-state index in [2.05, 4.69) is 26.6 Å². The van der Waals surface area contributed by atoms with E-state index in [-0.39, 0.29) is 12.3 Å². The minimum Gasteiger partial charge on any atom is -0.277 e. The normalized spacial score (nSPS) is 21.2. The summed E-state index contributed by atoms with van der Waals surface area (Å²) < 4.78 is 0. The molecular formula is C11H15BrN2O3. The number of halogens is 1. The summed E-state index contributed by atoms with van der Waals surface area (Å²) in [5.41, 5.74) is -1.20. The molecule has 1 rings (SSSR count). The van der Waals surface area contributed by atoms with Gasteiger partial charge in [-0.25, -0.2) is 4.79 Å². The second-order valence-electron chi connectivity index (χ2n) is 4.08. The molecule has 17 heavy (non-hydrogen) atoms. The van der Waals surface area contributed by atoms with Crippen molar-refractivity contribution in [2.24, 2.45) is 11.3 Å². The Morgan fingerprint density at radius 1 is 1.29 bits per heavy atom. The van der Waals surface area contributed by atoms with Crippen molar-refractivity contribution in [3.8, 4) is 0 Å². The van der Waals surface area contributed by atoms with Crippen LogP contribution in [0.4, 0.5) is 4.79 Å². The van der Waals surface area contributed by atoms with E-state index in [1.165, 1.54) is 0 Å². The van der Waals surface area contributed by atoms with Gasteiger partial charge in [0, 0.05) is 0 Å². The molecule has 1 aliphatic rings. The third-order valence-corrected chi connectivity index (χ3v) is 3.62. The van der Waals surface area contributed by atoms with Gasteiger partial charge in [0.15, 0.2) is 0 Å². The van der Waals surface area contributed by atoms with Crippen LogP contribution in [0, 0.1) is 11.3 Å². The Balaban J connectivity index is 3.15. The molecule has 0 aromatic heterocycles. The number of amides is 4. The van der Waals surface area contributed by atoms with Crippen LogP contribution in [0.1, 0.15) is 26.7 Å². The van der Waals surface area contributed by atoms with Gasteiger partial charge in [0.25, 0.3) is 0 Å². The molecule has 1 heterocycles. The minimum atomic E-state index is -1.20. The molecule has 1 unspecified atom stereocenters. The third kappa shape index (κ3) is 2.41. The Bertz CT molecular complexity index is 359. The average molecular weight is 303 g/mol. The molecule has 0 aromatic rings. The Labute approximate surface area is 108 Å². The molecule has 5 nitrogen and oxygen atoms in total. The van der Waals surface area contributed by atoms with Gasteiger partial charge >= 0.3 is 6.03 Å². The number of allylic oxidation sites excluding steroid dienone is 1. The van der Waals surface area contributed by atoms with Crippen LogP contribution in [0.25, 0.3) is 0 Å². The number of nitrogens with one attached hydrogen (secondary N) is 2. The van der Waals surface area contributed by atoms with E-state index in [9.17, 15) is 14.4 Å². The smallest absolute Gasteiger partial charge is 0.277 e. The molecule has 1 aliphatic heterocycles. The van der Waals surface area contributed by atoms with E-state index in [0.29, 0.717) is 6.42 Å². The summed E-state index contributed by atoms with van der Waals surface area (Å²) in [7, 11) is 0. The third-order valence-electron chi connectivity index (χ3n) is 3.25. The van der Waals surface area contributed by atoms with Crippen LogP contribution >= 0.6 is 15.9 Å². The average Bonchev–Trinajstić information content (AvgIpc) is 2.27. The fourth-order valence-electron chi connectivity index (χ4n) is 1.98. The predicted octanol–water partition coefficient (Wildman–Crippen LogP) is 1.68. The second kappa shape index (κ2) is 5.44. The molecule has 1 fully saturated rings. The molecule has 0 aromatic carbocycles. The number of carbonyl (C=O) groups excluding carboxylic acids is 3. The molecule has 0 aliphatic carbocycles. The lowest BCUT2D eigenvalue weighted by Gasteiger charge is -2.37. The van der Waals surface area contributed by atoms with E-state index in [1.54, 1.807) is 11.1 Å². The maximum absolute atomic E-state index is 12.0. The first-order valence-corrected chi connectivity index (χ1v) is 6.32. The molecule has 4 amide bonds. The van der Waals surface area contributed by atoms with Gasteiger partial charge < -0.3 is 0 Å². The van der Waals surface area contributed by atoms with E-state index >= 15 is 0 Å². The molecule has 0 spiro atoms. The van der Waals surface area contributed by atoms with Crippen molar-refractivity contribution in [1.29, 1.82) is 0 Å². The van der Waals surface area contributed by atoms with E-state index in [4.69, 9.17) is 0 Å². The van der Waals surface area contributed by atoms with Gasteiger partial charge in [-0.1, -0.05) is 42.3 Å². The van der Waals surface area contributed by atoms with Crippen LogP contribution in [-0.4, -0.2) is 17.8 Å². The van der Waals surface area contributed by atoms with Gasteiger partial charge in [0.1, 0.15) is 5.41 Å². The molecule has 94 valence electrons. The van der Waals surface area contributed by atoms with Crippen LogP contribution in [-0.2, 0) is 9.59 Å². The lowest BCUT2D eigenvalue weighted by Crippen LogP contribution is -2.64. The van der Waals surface area contributed by atoms with Crippen LogP contribution in [0.15, 0.2) is 11.1 Å². The minimum absolute atomic E-state index is 0.153. The van der Waals surface area contributed by atoms with Crippen molar-refractivity contribution < 1.29 is 14.4 Å². The van der Waals surface area contributed by atoms with Crippen LogP contribution in [0.3, 0.4) is 0 Å². The zero-order valence-corrected chi connectivity index (χ0v) is 11.3. The molecule has 2 N–H and O–H groups in total. The van der Waals surface area contributed by atoms with E-state index < -0.39 is 23.3 Å². The highest BCUT2D eigenvalue weighted by Crippen LogP contribution is 2.36. The van der Waals surface area contributed by atoms with Gasteiger partial charge in [-0.05, 0) is 17.3 Å². The standard InChI is InChI=1S/C11H15BrN2O3/c1-3-7(2)11(5-4-6-12)8(15)13-10(17)14-9(11)16/h4,6-7H,3,5H2,1-2H3,(H2,13,14,15,16,17). The fraction of sp³-hybridized carbons (Fsp3) is 0.545. The summed E-state index contributed by atoms with van der Waals surface area (Å²) in [5.74, 6) is -1.20. The highest BCUT2D eigenvalue weighted by atomic mass is 79.9. The largest absolute Gasteiger partial charge is 0.328 e. The lowest BCUT2D eigenvalue weighted by atomic mass is 9.70. The van der Waals surface area contributed by atoms with Crippen molar-refractivity contribution in [3.63, 3.8) is 0 Å². The number of carbonyl (C=O) groups is 3. The Morgan fingerprint density at radius 3 is 2.24 bits per heavy atom. The Morgan fingerprint density at radius 2 is 1.82 bits per heavy atom. The van der Waals surface area contributed by atoms with Crippen LogP contribution in [0.2, 0.25) is 0 Å². The van der Waals surface area contributed by atoms with Crippen molar-refractivity contribution in [1.82, 2.24) is 10.6 Å². The molecule has 0 radical (unpaired) electrons. The summed E-state index contributed by atoms with van der Waals surface area (Å²) in [6, 6.07) is -0.748. The SMILES string of the molecule is CCC(C)C1(CC=CBr)C(=O)NC(=O)NC1=O. The van der Waals surface area contributed by atoms with Crippen molar-refractivity contribution in [3.05, 3.63) is 11.1 Å². The van der Waals surface area contributed by atoms with Gasteiger partial charge in [-0.3, -0.25) is 20.2 Å². The maximum atomic E-state index is 12.0.